The first-order valence-electron chi connectivity index (χ1n) is 7.87. The zero-order valence-electron chi connectivity index (χ0n) is 13.5. The van der Waals surface area contributed by atoms with E-state index < -0.39 is 0 Å². The van der Waals surface area contributed by atoms with Gasteiger partial charge in [-0.25, -0.2) is 14.1 Å². The molecule has 1 aliphatic rings. The molecular weight excluding hydrogens is 293 g/mol. The molecule has 1 saturated heterocycles. The molecule has 0 amide bonds. The van der Waals surface area contributed by atoms with E-state index in [0.717, 1.165) is 37.6 Å². The predicted molar refractivity (Wildman–Crippen MR) is 84.0 cm³/mol. The number of rotatable bonds is 4. The minimum atomic E-state index is -0.303. The van der Waals surface area contributed by atoms with E-state index >= 15 is 0 Å². The zero-order valence-corrected chi connectivity index (χ0v) is 13.5. The fourth-order valence-corrected chi connectivity index (χ4v) is 3.21. The summed E-state index contributed by atoms with van der Waals surface area (Å²) in [6, 6.07) is 7.01. The second kappa shape index (κ2) is 6.47. The van der Waals surface area contributed by atoms with E-state index in [2.05, 4.69) is 15.0 Å². The van der Waals surface area contributed by atoms with E-state index in [1.807, 2.05) is 24.6 Å². The summed E-state index contributed by atoms with van der Waals surface area (Å²) < 4.78 is 16.0. The molecule has 0 N–H and O–H groups in total. The molecule has 0 radical (unpaired) electrons. The van der Waals surface area contributed by atoms with Crippen LogP contribution in [0.15, 0.2) is 18.2 Å². The molecule has 0 spiro atoms. The molecule has 6 heteroatoms. The van der Waals surface area contributed by atoms with E-state index in [4.69, 9.17) is 5.26 Å². The van der Waals surface area contributed by atoms with E-state index in [1.54, 1.807) is 12.1 Å². The number of hydrogen-bond donors (Lipinski definition) is 0. The van der Waals surface area contributed by atoms with Gasteiger partial charge in [0.05, 0.1) is 18.2 Å². The lowest BCUT2D eigenvalue weighted by atomic mass is 10.1. The highest BCUT2D eigenvalue weighted by Crippen LogP contribution is 2.23. The second-order valence-electron chi connectivity index (χ2n) is 6.07. The van der Waals surface area contributed by atoms with Gasteiger partial charge in [0, 0.05) is 18.2 Å². The van der Waals surface area contributed by atoms with Gasteiger partial charge in [0.2, 0.25) is 0 Å². The van der Waals surface area contributed by atoms with Crippen LogP contribution in [0, 0.1) is 31.0 Å². The van der Waals surface area contributed by atoms with Crippen molar-refractivity contribution in [3.63, 3.8) is 0 Å². The Balaban J connectivity index is 1.72. The van der Waals surface area contributed by atoms with E-state index in [-0.39, 0.29) is 5.82 Å². The SMILES string of the molecule is Cc1nc(C)n(C[C@H]2CCCN2Cc2ccc(C#N)cc2F)n1. The van der Waals surface area contributed by atoms with Gasteiger partial charge in [-0.3, -0.25) is 4.90 Å². The van der Waals surface area contributed by atoms with Crippen LogP contribution in [0.2, 0.25) is 0 Å². The standard InChI is InChI=1S/C17H20FN5/c1-12-20-13(2)23(21-12)11-16-4-3-7-22(16)10-15-6-5-14(9-19)8-17(15)18/h5-6,8,16H,3-4,7,10-11H2,1-2H3/t16-/m1/s1. The molecule has 120 valence electrons. The smallest absolute Gasteiger partial charge is 0.147 e. The van der Waals surface area contributed by atoms with Crippen molar-refractivity contribution in [2.24, 2.45) is 0 Å². The summed E-state index contributed by atoms with van der Waals surface area (Å²) in [4.78, 5) is 6.63. The third-order valence-corrected chi connectivity index (χ3v) is 4.40. The summed E-state index contributed by atoms with van der Waals surface area (Å²) >= 11 is 0. The molecular formula is C17H20FN5. The Morgan fingerprint density at radius 1 is 1.39 bits per heavy atom. The topological polar surface area (TPSA) is 57.7 Å². The van der Waals surface area contributed by atoms with Gasteiger partial charge in [-0.05, 0) is 45.4 Å². The lowest BCUT2D eigenvalue weighted by Gasteiger charge is -2.25. The Kier molecular flexibility index (Phi) is 4.39. The number of likely N-dealkylation sites (tertiary alicyclic amines) is 1. The molecule has 1 aliphatic heterocycles. The first-order chi connectivity index (χ1) is 11.1. The summed E-state index contributed by atoms with van der Waals surface area (Å²) in [5.41, 5.74) is 1.00. The number of aryl methyl sites for hydroxylation is 2. The highest BCUT2D eigenvalue weighted by molar-refractivity contribution is 5.32. The van der Waals surface area contributed by atoms with Crippen molar-refractivity contribution in [1.29, 1.82) is 5.26 Å². The molecule has 1 atom stereocenters. The number of nitriles is 1. The van der Waals surface area contributed by atoms with Gasteiger partial charge < -0.3 is 0 Å². The normalized spacial score (nSPS) is 18.3. The van der Waals surface area contributed by atoms with Crippen molar-refractivity contribution in [2.75, 3.05) is 6.54 Å². The molecule has 2 heterocycles. The van der Waals surface area contributed by atoms with Crippen LogP contribution in [-0.2, 0) is 13.1 Å². The molecule has 2 aromatic rings. The number of aromatic nitrogens is 3. The van der Waals surface area contributed by atoms with Gasteiger partial charge >= 0.3 is 0 Å². The minimum Gasteiger partial charge on any atom is -0.294 e. The van der Waals surface area contributed by atoms with E-state index in [0.29, 0.717) is 23.7 Å². The van der Waals surface area contributed by atoms with Gasteiger partial charge in [-0.1, -0.05) is 6.07 Å². The van der Waals surface area contributed by atoms with E-state index in [9.17, 15) is 4.39 Å². The van der Waals surface area contributed by atoms with E-state index in [1.165, 1.54) is 6.07 Å². The molecule has 0 saturated carbocycles. The molecule has 0 bridgehead atoms. The number of nitrogens with zero attached hydrogens (tertiary/aromatic N) is 5. The first-order valence-corrected chi connectivity index (χ1v) is 7.87. The summed E-state index contributed by atoms with van der Waals surface area (Å²) in [6.45, 7) is 6.15. The summed E-state index contributed by atoms with van der Waals surface area (Å²) in [5.74, 6) is 1.39. The Hall–Kier alpha value is -2.26. The number of hydrogen-bond acceptors (Lipinski definition) is 4. The average molecular weight is 313 g/mol. The molecule has 3 rings (SSSR count). The molecule has 5 nitrogen and oxygen atoms in total. The largest absolute Gasteiger partial charge is 0.294 e. The van der Waals surface area contributed by atoms with Crippen molar-refractivity contribution >= 4 is 0 Å². The lowest BCUT2D eigenvalue weighted by molar-refractivity contribution is 0.215. The predicted octanol–water partition coefficient (Wildman–Crippen LogP) is 2.57. The molecule has 1 aromatic carbocycles. The van der Waals surface area contributed by atoms with Crippen LogP contribution >= 0.6 is 0 Å². The maximum Gasteiger partial charge on any atom is 0.147 e. The summed E-state index contributed by atoms with van der Waals surface area (Å²) in [5, 5.41) is 13.3. The summed E-state index contributed by atoms with van der Waals surface area (Å²) in [7, 11) is 0. The van der Waals surface area contributed by atoms with Gasteiger partial charge in [-0.15, -0.1) is 0 Å². The molecule has 0 unspecified atom stereocenters. The Labute approximate surface area is 135 Å². The number of benzene rings is 1. The molecule has 0 aliphatic carbocycles. The van der Waals surface area contributed by atoms with Crippen LogP contribution in [0.4, 0.5) is 4.39 Å². The lowest BCUT2D eigenvalue weighted by Crippen LogP contribution is -2.33. The second-order valence-corrected chi connectivity index (χ2v) is 6.07. The first kappa shape index (κ1) is 15.6. The van der Waals surface area contributed by atoms with Crippen molar-refractivity contribution in [1.82, 2.24) is 19.7 Å². The fraction of sp³-hybridized carbons (Fsp3) is 0.471. The van der Waals surface area contributed by atoms with Crippen LogP contribution in [0.3, 0.4) is 0 Å². The number of halogens is 1. The minimum absolute atomic E-state index is 0.303. The van der Waals surface area contributed by atoms with Crippen molar-refractivity contribution in [3.8, 4) is 6.07 Å². The average Bonchev–Trinajstić information content (AvgIpc) is 3.08. The Morgan fingerprint density at radius 2 is 2.22 bits per heavy atom. The highest BCUT2D eigenvalue weighted by Gasteiger charge is 2.26. The maximum atomic E-state index is 14.1. The van der Waals surface area contributed by atoms with Crippen LogP contribution in [0.25, 0.3) is 0 Å². The maximum absolute atomic E-state index is 14.1. The van der Waals surface area contributed by atoms with Gasteiger partial charge in [-0.2, -0.15) is 10.4 Å². The van der Waals surface area contributed by atoms with Crippen LogP contribution in [0.5, 0.6) is 0 Å². The third kappa shape index (κ3) is 3.40. The fourth-order valence-electron chi connectivity index (χ4n) is 3.21. The quantitative estimate of drug-likeness (QED) is 0.870. The molecule has 23 heavy (non-hydrogen) atoms. The molecule has 1 aromatic heterocycles. The monoisotopic (exact) mass is 313 g/mol. The highest BCUT2D eigenvalue weighted by atomic mass is 19.1. The van der Waals surface area contributed by atoms with Crippen LogP contribution in [-0.4, -0.2) is 32.3 Å². The summed E-state index contributed by atoms with van der Waals surface area (Å²) in [6.07, 6.45) is 2.19. The van der Waals surface area contributed by atoms with Crippen molar-refractivity contribution in [3.05, 3.63) is 46.8 Å². The van der Waals surface area contributed by atoms with Crippen LogP contribution < -0.4 is 0 Å². The third-order valence-electron chi connectivity index (χ3n) is 4.40. The zero-order chi connectivity index (χ0) is 16.4. The van der Waals surface area contributed by atoms with Crippen molar-refractivity contribution in [2.45, 2.75) is 45.8 Å². The van der Waals surface area contributed by atoms with Gasteiger partial charge in [0.15, 0.2) is 0 Å². The Morgan fingerprint density at radius 3 is 2.87 bits per heavy atom. The van der Waals surface area contributed by atoms with Crippen LogP contribution in [0.1, 0.15) is 35.6 Å². The van der Waals surface area contributed by atoms with Gasteiger partial charge in [0.1, 0.15) is 17.5 Å². The molecule has 1 fully saturated rings. The van der Waals surface area contributed by atoms with Gasteiger partial charge in [0.25, 0.3) is 0 Å². The Bertz CT molecular complexity index is 746. The van der Waals surface area contributed by atoms with Crippen molar-refractivity contribution < 1.29 is 4.39 Å².